The number of aromatic nitrogens is 1. The number of amides is 1. The second-order valence-corrected chi connectivity index (χ2v) is 9.20. The molecule has 0 saturated carbocycles. The first kappa shape index (κ1) is 23.8. The standard InChI is InChI=1S/C27H19Cl2N3OS/c28-22-12-7-13-23(26(22)29)31-25(33)14-15-34-27-21(17-30)20(18-8-3-1-4-9-18)16-24(32-27)19-10-5-2-6-11-19/h1-13,16H,14-15H2,(H,31,33). The Bertz CT molecular complexity index is 1360. The van der Waals surface area contributed by atoms with Crippen LogP contribution < -0.4 is 5.32 Å². The van der Waals surface area contributed by atoms with Crippen LogP contribution in [0.15, 0.2) is 90.0 Å². The fourth-order valence-corrected chi connectivity index (χ4v) is 4.68. The fraction of sp³-hybridized carbons (Fsp3) is 0.0741. The minimum Gasteiger partial charge on any atom is -0.325 e. The zero-order valence-corrected chi connectivity index (χ0v) is 20.3. The number of benzene rings is 3. The summed E-state index contributed by atoms with van der Waals surface area (Å²) in [6.07, 6.45) is 0.219. The highest BCUT2D eigenvalue weighted by atomic mass is 35.5. The molecule has 0 spiro atoms. The van der Waals surface area contributed by atoms with Gasteiger partial charge >= 0.3 is 0 Å². The van der Waals surface area contributed by atoms with Crippen molar-refractivity contribution < 1.29 is 4.79 Å². The number of halogens is 2. The van der Waals surface area contributed by atoms with Crippen molar-refractivity contribution in [3.05, 3.63) is 101 Å². The van der Waals surface area contributed by atoms with Gasteiger partial charge in [0.15, 0.2) is 0 Å². The molecule has 0 saturated heterocycles. The van der Waals surface area contributed by atoms with E-state index in [0.717, 1.165) is 22.4 Å². The zero-order valence-electron chi connectivity index (χ0n) is 18.0. The smallest absolute Gasteiger partial charge is 0.225 e. The summed E-state index contributed by atoms with van der Waals surface area (Å²) in [5, 5.41) is 14.0. The number of nitrogens with zero attached hydrogens (tertiary/aromatic N) is 2. The van der Waals surface area contributed by atoms with E-state index in [9.17, 15) is 10.1 Å². The van der Waals surface area contributed by atoms with Gasteiger partial charge in [0.05, 0.1) is 27.0 Å². The van der Waals surface area contributed by atoms with Gasteiger partial charge in [0.2, 0.25) is 5.91 Å². The number of hydrogen-bond donors (Lipinski definition) is 1. The molecule has 0 atom stereocenters. The van der Waals surface area contributed by atoms with Crippen LogP contribution in [0.5, 0.6) is 0 Å². The average Bonchev–Trinajstić information content (AvgIpc) is 2.87. The number of hydrogen-bond acceptors (Lipinski definition) is 4. The zero-order chi connectivity index (χ0) is 23.9. The van der Waals surface area contributed by atoms with E-state index in [2.05, 4.69) is 11.4 Å². The van der Waals surface area contributed by atoms with Crippen LogP contribution in [0, 0.1) is 11.3 Å². The van der Waals surface area contributed by atoms with Gasteiger partial charge in [0, 0.05) is 23.3 Å². The van der Waals surface area contributed by atoms with Crippen molar-refractivity contribution >= 4 is 46.6 Å². The van der Waals surface area contributed by atoms with Gasteiger partial charge < -0.3 is 5.32 Å². The van der Waals surface area contributed by atoms with Gasteiger partial charge in [-0.15, -0.1) is 11.8 Å². The van der Waals surface area contributed by atoms with Gasteiger partial charge in [0.25, 0.3) is 0 Å². The maximum atomic E-state index is 12.5. The first-order valence-electron chi connectivity index (χ1n) is 10.5. The Kier molecular flexibility index (Phi) is 7.87. The number of carbonyl (C=O) groups excluding carboxylic acids is 1. The van der Waals surface area contributed by atoms with E-state index in [1.807, 2.05) is 66.7 Å². The number of thioether (sulfide) groups is 1. The molecule has 7 heteroatoms. The number of nitrogens with one attached hydrogen (secondary N) is 1. The second kappa shape index (κ2) is 11.2. The first-order chi connectivity index (χ1) is 16.6. The van der Waals surface area contributed by atoms with Crippen LogP contribution in [0.4, 0.5) is 5.69 Å². The molecule has 4 nitrogen and oxygen atoms in total. The maximum absolute atomic E-state index is 12.5. The van der Waals surface area contributed by atoms with Crippen molar-refractivity contribution in [2.24, 2.45) is 0 Å². The number of carbonyl (C=O) groups is 1. The second-order valence-electron chi connectivity index (χ2n) is 7.33. The topological polar surface area (TPSA) is 65.8 Å². The Morgan fingerprint density at radius 3 is 2.29 bits per heavy atom. The third-order valence-electron chi connectivity index (χ3n) is 5.05. The van der Waals surface area contributed by atoms with Crippen molar-refractivity contribution in [2.45, 2.75) is 11.4 Å². The first-order valence-corrected chi connectivity index (χ1v) is 12.2. The molecule has 1 N–H and O–H groups in total. The predicted octanol–water partition coefficient (Wildman–Crippen LogP) is 7.71. The van der Waals surface area contributed by atoms with Crippen molar-refractivity contribution in [3.8, 4) is 28.5 Å². The Morgan fingerprint density at radius 2 is 1.62 bits per heavy atom. The largest absolute Gasteiger partial charge is 0.325 e. The van der Waals surface area contributed by atoms with Crippen LogP contribution in [0.2, 0.25) is 10.0 Å². The SMILES string of the molecule is N#Cc1c(-c2ccccc2)cc(-c2ccccc2)nc1SCCC(=O)Nc1cccc(Cl)c1Cl. The molecule has 3 aromatic carbocycles. The number of pyridine rings is 1. The summed E-state index contributed by atoms with van der Waals surface area (Å²) < 4.78 is 0. The molecule has 168 valence electrons. The lowest BCUT2D eigenvalue weighted by molar-refractivity contribution is -0.115. The summed E-state index contributed by atoms with van der Waals surface area (Å²) >= 11 is 13.6. The molecule has 1 amide bonds. The molecule has 0 fully saturated rings. The van der Waals surface area contributed by atoms with Crippen LogP contribution in [0.25, 0.3) is 22.4 Å². The summed E-state index contributed by atoms with van der Waals surface area (Å²) in [6, 6.07) is 28.9. The Morgan fingerprint density at radius 1 is 0.941 bits per heavy atom. The Balaban J connectivity index is 1.58. The number of nitriles is 1. The van der Waals surface area contributed by atoms with Crippen LogP contribution in [-0.4, -0.2) is 16.6 Å². The van der Waals surface area contributed by atoms with Gasteiger partial charge in [-0.05, 0) is 23.8 Å². The van der Waals surface area contributed by atoms with Crippen LogP contribution in [0.3, 0.4) is 0 Å². The van der Waals surface area contributed by atoms with E-state index >= 15 is 0 Å². The highest BCUT2D eigenvalue weighted by Gasteiger charge is 2.16. The van der Waals surface area contributed by atoms with Gasteiger partial charge in [-0.2, -0.15) is 5.26 Å². The lowest BCUT2D eigenvalue weighted by Gasteiger charge is -2.13. The van der Waals surface area contributed by atoms with E-state index in [1.54, 1.807) is 18.2 Å². The van der Waals surface area contributed by atoms with Crippen molar-refractivity contribution in [1.29, 1.82) is 5.26 Å². The highest BCUT2D eigenvalue weighted by molar-refractivity contribution is 7.99. The summed E-state index contributed by atoms with van der Waals surface area (Å²) in [6.45, 7) is 0. The third-order valence-corrected chi connectivity index (χ3v) is 6.84. The summed E-state index contributed by atoms with van der Waals surface area (Å²) in [5.41, 5.74) is 4.45. The molecule has 34 heavy (non-hydrogen) atoms. The van der Waals surface area contributed by atoms with Crippen molar-refractivity contribution in [3.63, 3.8) is 0 Å². The van der Waals surface area contributed by atoms with E-state index in [-0.39, 0.29) is 12.3 Å². The molecule has 0 radical (unpaired) electrons. The molecule has 0 aliphatic heterocycles. The molecule has 1 aromatic heterocycles. The fourth-order valence-electron chi connectivity index (χ4n) is 3.39. The quantitative estimate of drug-likeness (QED) is 0.262. The summed E-state index contributed by atoms with van der Waals surface area (Å²) in [4.78, 5) is 17.3. The Hall–Kier alpha value is -3.30. The summed E-state index contributed by atoms with van der Waals surface area (Å²) in [5.74, 6) is 0.246. The minimum absolute atomic E-state index is 0.197. The summed E-state index contributed by atoms with van der Waals surface area (Å²) in [7, 11) is 0. The lowest BCUT2D eigenvalue weighted by atomic mass is 9.99. The predicted molar refractivity (Wildman–Crippen MR) is 140 cm³/mol. The monoisotopic (exact) mass is 503 g/mol. The van der Waals surface area contributed by atoms with Gasteiger partial charge in [0.1, 0.15) is 11.1 Å². The maximum Gasteiger partial charge on any atom is 0.225 e. The number of anilines is 1. The van der Waals surface area contributed by atoms with E-state index in [0.29, 0.717) is 32.1 Å². The molecule has 1 heterocycles. The molecule has 0 aliphatic carbocycles. The van der Waals surface area contributed by atoms with Gasteiger partial charge in [-0.3, -0.25) is 4.79 Å². The molecule has 0 aliphatic rings. The molecular formula is C27H19Cl2N3OS. The number of rotatable bonds is 7. The minimum atomic E-state index is -0.197. The van der Waals surface area contributed by atoms with Crippen LogP contribution in [0.1, 0.15) is 12.0 Å². The van der Waals surface area contributed by atoms with Gasteiger partial charge in [-0.1, -0.05) is 89.9 Å². The van der Waals surface area contributed by atoms with Crippen molar-refractivity contribution in [1.82, 2.24) is 4.98 Å². The third kappa shape index (κ3) is 5.60. The van der Waals surface area contributed by atoms with Crippen LogP contribution >= 0.6 is 35.0 Å². The normalized spacial score (nSPS) is 10.5. The van der Waals surface area contributed by atoms with E-state index < -0.39 is 0 Å². The van der Waals surface area contributed by atoms with Crippen molar-refractivity contribution in [2.75, 3.05) is 11.1 Å². The van der Waals surface area contributed by atoms with E-state index in [4.69, 9.17) is 28.2 Å². The highest BCUT2D eigenvalue weighted by Crippen LogP contribution is 2.34. The van der Waals surface area contributed by atoms with Crippen LogP contribution in [-0.2, 0) is 4.79 Å². The Labute approximate surface area is 212 Å². The molecular weight excluding hydrogens is 485 g/mol. The molecule has 4 rings (SSSR count). The molecule has 4 aromatic rings. The lowest BCUT2D eigenvalue weighted by Crippen LogP contribution is -2.12. The van der Waals surface area contributed by atoms with E-state index in [1.165, 1.54) is 11.8 Å². The average molecular weight is 504 g/mol. The molecule has 0 bridgehead atoms. The van der Waals surface area contributed by atoms with Gasteiger partial charge in [-0.25, -0.2) is 4.98 Å². The molecule has 0 unspecified atom stereocenters.